The van der Waals surface area contributed by atoms with E-state index in [1.807, 2.05) is 20.8 Å². The molecule has 7 heteroatoms. The highest BCUT2D eigenvalue weighted by Crippen LogP contribution is 2.40. The van der Waals surface area contributed by atoms with Crippen LogP contribution >= 0.6 is 0 Å². The zero-order chi connectivity index (χ0) is 24.0. The van der Waals surface area contributed by atoms with Crippen molar-refractivity contribution >= 4 is 17.4 Å². The van der Waals surface area contributed by atoms with E-state index < -0.39 is 17.7 Å². The smallest absolute Gasteiger partial charge is 0.295 e. The molecular formula is C26H31NO6. The molecule has 0 radical (unpaired) electrons. The molecule has 0 aliphatic carbocycles. The average Bonchev–Trinajstić information content (AvgIpc) is 3.05. The lowest BCUT2D eigenvalue weighted by molar-refractivity contribution is -0.140. The second-order valence-electron chi connectivity index (χ2n) is 8.23. The Kier molecular flexibility index (Phi) is 8.11. The number of nitrogens with zero attached hydrogens (tertiary/aromatic N) is 1. The predicted molar refractivity (Wildman–Crippen MR) is 125 cm³/mol. The van der Waals surface area contributed by atoms with E-state index in [2.05, 4.69) is 0 Å². The first kappa shape index (κ1) is 24.3. The molecule has 1 atom stereocenters. The molecule has 1 unspecified atom stereocenters. The molecule has 2 aromatic carbocycles. The van der Waals surface area contributed by atoms with Gasteiger partial charge in [0.1, 0.15) is 17.3 Å². The monoisotopic (exact) mass is 453 g/mol. The Morgan fingerprint density at radius 2 is 1.82 bits per heavy atom. The number of rotatable bonds is 10. The van der Waals surface area contributed by atoms with Gasteiger partial charge in [0.25, 0.3) is 11.7 Å². The Morgan fingerprint density at radius 1 is 1.09 bits per heavy atom. The number of ketones is 1. The molecule has 1 heterocycles. The Labute approximate surface area is 194 Å². The second kappa shape index (κ2) is 11.0. The van der Waals surface area contributed by atoms with E-state index in [1.54, 1.807) is 36.4 Å². The van der Waals surface area contributed by atoms with Crippen LogP contribution in [0.4, 0.5) is 0 Å². The minimum Gasteiger partial charge on any atom is -0.508 e. The summed E-state index contributed by atoms with van der Waals surface area (Å²) in [4.78, 5) is 27.5. The summed E-state index contributed by atoms with van der Waals surface area (Å²) in [6.07, 6.45) is 1.44. The normalized spacial score (nSPS) is 17.7. The Hall–Kier alpha value is -3.32. The number of Topliss-reactive ketones (excluding diaryl/α,β-unsaturated/α-hetero) is 1. The molecule has 0 spiro atoms. The van der Waals surface area contributed by atoms with E-state index in [4.69, 9.17) is 9.47 Å². The number of carbonyl (C=O) groups excluding carboxylic acids is 2. The van der Waals surface area contributed by atoms with E-state index >= 15 is 0 Å². The molecule has 33 heavy (non-hydrogen) atoms. The van der Waals surface area contributed by atoms with Crippen molar-refractivity contribution in [3.05, 3.63) is 65.2 Å². The Balaban J connectivity index is 2.01. The number of hydrogen-bond acceptors (Lipinski definition) is 6. The van der Waals surface area contributed by atoms with Gasteiger partial charge in [-0.3, -0.25) is 9.59 Å². The third-order valence-electron chi connectivity index (χ3n) is 5.32. The zero-order valence-corrected chi connectivity index (χ0v) is 19.3. The van der Waals surface area contributed by atoms with Gasteiger partial charge in [-0.25, -0.2) is 0 Å². The van der Waals surface area contributed by atoms with Crippen LogP contribution < -0.4 is 4.74 Å². The average molecular weight is 454 g/mol. The van der Waals surface area contributed by atoms with Crippen LogP contribution in [0.3, 0.4) is 0 Å². The van der Waals surface area contributed by atoms with Crippen LogP contribution in [0.2, 0.25) is 0 Å². The summed E-state index contributed by atoms with van der Waals surface area (Å²) in [7, 11) is 0. The first-order valence-electron chi connectivity index (χ1n) is 11.3. The lowest BCUT2D eigenvalue weighted by Crippen LogP contribution is -2.31. The van der Waals surface area contributed by atoms with Gasteiger partial charge in [-0.15, -0.1) is 0 Å². The standard InChI is InChI=1S/C26H31NO6/c1-4-14-33-21-8-5-7-19(16-21)24(29)22-23(18-9-11-20(28)12-10-18)27(26(31)25(22)30)13-6-15-32-17(2)3/h5,7-12,16-17,23,28-29H,4,6,13-15H2,1-3H3/b24-22-. The van der Waals surface area contributed by atoms with Crippen LogP contribution in [0.1, 0.15) is 50.8 Å². The minimum atomic E-state index is -0.773. The van der Waals surface area contributed by atoms with Gasteiger partial charge in [-0.05, 0) is 56.5 Å². The number of aliphatic hydroxyl groups excluding tert-OH is 1. The molecule has 176 valence electrons. The number of phenols is 1. The van der Waals surface area contributed by atoms with Crippen molar-refractivity contribution in [2.45, 2.75) is 45.8 Å². The number of likely N-dealkylation sites (tertiary alicyclic amines) is 1. The molecule has 0 saturated carbocycles. The number of benzene rings is 2. The van der Waals surface area contributed by atoms with Gasteiger partial charge >= 0.3 is 0 Å². The number of aliphatic hydroxyl groups is 1. The fourth-order valence-electron chi connectivity index (χ4n) is 3.78. The molecule has 1 amide bonds. The van der Waals surface area contributed by atoms with Crippen LogP contribution in [0.5, 0.6) is 11.5 Å². The van der Waals surface area contributed by atoms with Gasteiger partial charge in [0, 0.05) is 18.7 Å². The molecule has 2 aromatic rings. The lowest BCUT2D eigenvalue weighted by atomic mass is 9.95. The molecule has 7 nitrogen and oxygen atoms in total. The number of aromatic hydroxyl groups is 1. The summed E-state index contributed by atoms with van der Waals surface area (Å²) in [6, 6.07) is 12.4. The molecule has 3 rings (SSSR count). The van der Waals surface area contributed by atoms with Crippen molar-refractivity contribution in [3.63, 3.8) is 0 Å². The SMILES string of the molecule is CCCOc1cccc(/C(O)=C2/C(=O)C(=O)N(CCCOC(C)C)C2c2ccc(O)cc2)c1. The molecule has 0 bridgehead atoms. The van der Waals surface area contributed by atoms with Crippen molar-refractivity contribution in [2.24, 2.45) is 0 Å². The maximum Gasteiger partial charge on any atom is 0.295 e. The van der Waals surface area contributed by atoms with Gasteiger partial charge < -0.3 is 24.6 Å². The highest BCUT2D eigenvalue weighted by Gasteiger charge is 2.45. The van der Waals surface area contributed by atoms with E-state index in [9.17, 15) is 19.8 Å². The maximum absolute atomic E-state index is 13.1. The van der Waals surface area contributed by atoms with Crippen molar-refractivity contribution in [1.82, 2.24) is 4.90 Å². The molecule has 0 aromatic heterocycles. The molecule has 1 fully saturated rings. The maximum atomic E-state index is 13.1. The number of hydrogen-bond donors (Lipinski definition) is 2. The summed E-state index contributed by atoms with van der Waals surface area (Å²) < 4.78 is 11.2. The summed E-state index contributed by atoms with van der Waals surface area (Å²) in [5.74, 6) is -1.02. The Morgan fingerprint density at radius 3 is 2.48 bits per heavy atom. The van der Waals surface area contributed by atoms with Crippen molar-refractivity contribution in [2.75, 3.05) is 19.8 Å². The largest absolute Gasteiger partial charge is 0.508 e. The van der Waals surface area contributed by atoms with Gasteiger partial charge in [0.15, 0.2) is 0 Å². The van der Waals surface area contributed by atoms with Crippen molar-refractivity contribution < 1.29 is 29.3 Å². The van der Waals surface area contributed by atoms with Crippen LogP contribution in [0, 0.1) is 0 Å². The van der Waals surface area contributed by atoms with E-state index in [1.165, 1.54) is 17.0 Å². The van der Waals surface area contributed by atoms with Crippen LogP contribution in [-0.4, -0.2) is 52.7 Å². The number of amides is 1. The first-order chi connectivity index (χ1) is 15.8. The van der Waals surface area contributed by atoms with Gasteiger partial charge in [-0.2, -0.15) is 0 Å². The number of phenolic OH excluding ortho intramolecular Hbond substituents is 1. The summed E-state index contributed by atoms with van der Waals surface area (Å²) in [5.41, 5.74) is 1.04. The second-order valence-corrected chi connectivity index (χ2v) is 8.23. The summed E-state index contributed by atoms with van der Waals surface area (Å²) in [6.45, 7) is 7.12. The molecule has 1 aliphatic rings. The van der Waals surface area contributed by atoms with Gasteiger partial charge in [-0.1, -0.05) is 31.2 Å². The fourth-order valence-corrected chi connectivity index (χ4v) is 3.78. The lowest BCUT2D eigenvalue weighted by Gasteiger charge is -2.25. The third kappa shape index (κ3) is 5.73. The van der Waals surface area contributed by atoms with Crippen LogP contribution in [-0.2, 0) is 14.3 Å². The van der Waals surface area contributed by atoms with E-state index in [-0.39, 0.29) is 23.2 Å². The highest BCUT2D eigenvalue weighted by atomic mass is 16.5. The van der Waals surface area contributed by atoms with Crippen molar-refractivity contribution in [1.29, 1.82) is 0 Å². The van der Waals surface area contributed by atoms with Gasteiger partial charge in [0.2, 0.25) is 0 Å². The van der Waals surface area contributed by atoms with Crippen LogP contribution in [0.25, 0.3) is 5.76 Å². The summed E-state index contributed by atoms with van der Waals surface area (Å²) >= 11 is 0. The minimum absolute atomic E-state index is 0.0168. The van der Waals surface area contributed by atoms with Gasteiger partial charge in [0.05, 0.1) is 24.3 Å². The number of ether oxygens (including phenoxy) is 2. The molecule has 2 N–H and O–H groups in total. The van der Waals surface area contributed by atoms with E-state index in [0.29, 0.717) is 43.1 Å². The molecular weight excluding hydrogens is 422 g/mol. The van der Waals surface area contributed by atoms with Crippen LogP contribution in [0.15, 0.2) is 54.1 Å². The topological polar surface area (TPSA) is 96.3 Å². The zero-order valence-electron chi connectivity index (χ0n) is 19.3. The van der Waals surface area contributed by atoms with Crippen molar-refractivity contribution in [3.8, 4) is 11.5 Å². The summed E-state index contributed by atoms with van der Waals surface area (Å²) in [5, 5.41) is 20.9. The molecule has 1 aliphatic heterocycles. The quantitative estimate of drug-likeness (QED) is 0.239. The molecule has 1 saturated heterocycles. The number of carbonyl (C=O) groups is 2. The third-order valence-corrected chi connectivity index (χ3v) is 5.32. The van der Waals surface area contributed by atoms with E-state index in [0.717, 1.165) is 6.42 Å². The highest BCUT2D eigenvalue weighted by molar-refractivity contribution is 6.46. The Bertz CT molecular complexity index is 1010. The predicted octanol–water partition coefficient (Wildman–Crippen LogP) is 4.42. The fraction of sp³-hybridized carbons (Fsp3) is 0.385. The first-order valence-corrected chi connectivity index (χ1v) is 11.3.